The van der Waals surface area contributed by atoms with Gasteiger partial charge in [-0.2, -0.15) is 15.1 Å². The third-order valence-corrected chi connectivity index (χ3v) is 6.24. The zero-order valence-corrected chi connectivity index (χ0v) is 19.4. The van der Waals surface area contributed by atoms with E-state index >= 15 is 0 Å². The number of imidazole rings is 1. The Labute approximate surface area is 198 Å². The number of amides is 1. The van der Waals surface area contributed by atoms with Crippen LogP contribution in [0.5, 0.6) is 0 Å². The maximum Gasteiger partial charge on any atom is 0.233 e. The minimum absolute atomic E-state index is 0.0124. The maximum absolute atomic E-state index is 13.0. The lowest BCUT2D eigenvalue weighted by molar-refractivity contribution is -0.119. The molecule has 9 nitrogen and oxygen atoms in total. The number of aromatic nitrogens is 6. The van der Waals surface area contributed by atoms with Crippen molar-refractivity contribution in [2.75, 3.05) is 17.2 Å². The van der Waals surface area contributed by atoms with E-state index in [9.17, 15) is 4.79 Å². The second kappa shape index (κ2) is 10.0. The van der Waals surface area contributed by atoms with Crippen LogP contribution in [0.15, 0.2) is 48.8 Å². The zero-order valence-electron chi connectivity index (χ0n) is 19.4. The van der Waals surface area contributed by atoms with E-state index in [4.69, 9.17) is 9.97 Å². The highest BCUT2D eigenvalue weighted by atomic mass is 16.2. The van der Waals surface area contributed by atoms with Crippen molar-refractivity contribution in [3.63, 3.8) is 0 Å². The van der Waals surface area contributed by atoms with Crippen molar-refractivity contribution in [1.82, 2.24) is 29.3 Å². The number of benzene rings is 1. The molecule has 2 N–H and O–H groups in total. The van der Waals surface area contributed by atoms with Crippen molar-refractivity contribution in [2.45, 2.75) is 52.0 Å². The second-order valence-electron chi connectivity index (χ2n) is 8.72. The fourth-order valence-corrected chi connectivity index (χ4v) is 4.52. The lowest BCUT2D eigenvalue weighted by Gasteiger charge is -2.12. The van der Waals surface area contributed by atoms with Gasteiger partial charge < -0.3 is 10.6 Å². The van der Waals surface area contributed by atoms with Crippen LogP contribution >= 0.6 is 0 Å². The third kappa shape index (κ3) is 4.64. The van der Waals surface area contributed by atoms with Gasteiger partial charge in [-0.1, -0.05) is 50.1 Å². The van der Waals surface area contributed by atoms with Gasteiger partial charge in [-0.15, -0.1) is 0 Å². The van der Waals surface area contributed by atoms with E-state index in [0.717, 1.165) is 45.1 Å². The molecule has 176 valence electrons. The van der Waals surface area contributed by atoms with Gasteiger partial charge in [-0.25, -0.2) is 9.67 Å². The summed E-state index contributed by atoms with van der Waals surface area (Å²) in [6, 6.07) is 12.2. The summed E-state index contributed by atoms with van der Waals surface area (Å²) < 4.78 is 3.76. The second-order valence-corrected chi connectivity index (χ2v) is 8.72. The highest BCUT2D eigenvalue weighted by Gasteiger charge is 2.26. The van der Waals surface area contributed by atoms with Gasteiger partial charge in [-0.3, -0.25) is 9.36 Å². The lowest BCUT2D eigenvalue weighted by atomic mass is 10.1. The Morgan fingerprint density at radius 2 is 1.91 bits per heavy atom. The molecule has 0 atom stereocenters. The number of carbonyl (C=O) groups is 1. The fourth-order valence-electron chi connectivity index (χ4n) is 4.52. The van der Waals surface area contributed by atoms with Gasteiger partial charge in [0, 0.05) is 31.4 Å². The Morgan fingerprint density at radius 3 is 2.65 bits per heavy atom. The first-order chi connectivity index (χ1) is 16.7. The van der Waals surface area contributed by atoms with Crippen LogP contribution < -0.4 is 10.6 Å². The number of hydrogen-bond acceptors (Lipinski definition) is 6. The van der Waals surface area contributed by atoms with Gasteiger partial charge in [0.05, 0.1) is 0 Å². The monoisotopic (exact) mass is 458 g/mol. The van der Waals surface area contributed by atoms with E-state index in [1.54, 1.807) is 10.9 Å². The first-order valence-electron chi connectivity index (χ1n) is 12.1. The number of nitrogens with one attached hydrogen (secondary N) is 2. The topological polar surface area (TPSA) is 103 Å². The van der Waals surface area contributed by atoms with Crippen LogP contribution in [0.2, 0.25) is 0 Å². The average molecular weight is 459 g/mol. The van der Waals surface area contributed by atoms with Crippen molar-refractivity contribution in [1.29, 1.82) is 0 Å². The van der Waals surface area contributed by atoms with Crippen molar-refractivity contribution >= 4 is 28.8 Å². The molecule has 1 aromatic carbocycles. The zero-order chi connectivity index (χ0) is 23.3. The molecule has 1 amide bonds. The van der Waals surface area contributed by atoms with Crippen LogP contribution in [0.1, 0.15) is 44.6 Å². The Kier molecular flexibility index (Phi) is 6.51. The molecule has 0 aliphatic heterocycles. The molecule has 3 aromatic heterocycles. The van der Waals surface area contributed by atoms with E-state index in [0.29, 0.717) is 35.4 Å². The van der Waals surface area contributed by atoms with E-state index in [-0.39, 0.29) is 11.8 Å². The standard InChI is InChI=1S/C25H30N8O/c1-2-16-32-22-20(28-25(32)33-17-8-14-27-33)21(29-23(34)19-11-6-7-12-19)30-24(31-22)26-15-13-18-9-4-3-5-10-18/h3-5,8-10,14,17,19H,2,6-7,11-13,15-16H2,1H3,(H2,26,29,30,31,34). The van der Waals surface area contributed by atoms with Crippen LogP contribution in [0.4, 0.5) is 11.8 Å². The van der Waals surface area contributed by atoms with Gasteiger partial charge in [0.25, 0.3) is 0 Å². The summed E-state index contributed by atoms with van der Waals surface area (Å²) >= 11 is 0. The van der Waals surface area contributed by atoms with Crippen LogP contribution in [-0.4, -0.2) is 41.8 Å². The summed E-state index contributed by atoms with van der Waals surface area (Å²) in [7, 11) is 0. The Bertz CT molecular complexity index is 1240. The van der Waals surface area contributed by atoms with E-state index in [1.165, 1.54) is 5.56 Å². The van der Waals surface area contributed by atoms with Crippen molar-refractivity contribution in [3.8, 4) is 5.95 Å². The molecule has 34 heavy (non-hydrogen) atoms. The lowest BCUT2D eigenvalue weighted by Crippen LogP contribution is -2.22. The number of rotatable bonds is 9. The first kappa shape index (κ1) is 22.1. The molecule has 0 bridgehead atoms. The van der Waals surface area contributed by atoms with Gasteiger partial charge in [0.1, 0.15) is 0 Å². The fraction of sp³-hybridized carbons (Fsp3) is 0.400. The summed E-state index contributed by atoms with van der Waals surface area (Å²) in [6.07, 6.45) is 9.37. The SMILES string of the molecule is CCCn1c(-n2cccn2)nc2c(NC(=O)C3CCCC3)nc(NCCc3ccccc3)nc21. The number of fused-ring (bicyclic) bond motifs is 1. The van der Waals surface area contributed by atoms with Gasteiger partial charge >= 0.3 is 0 Å². The molecule has 9 heteroatoms. The molecule has 0 saturated heterocycles. The van der Waals surface area contributed by atoms with Crippen LogP contribution in [0.25, 0.3) is 17.1 Å². The molecule has 0 radical (unpaired) electrons. The smallest absolute Gasteiger partial charge is 0.233 e. The summed E-state index contributed by atoms with van der Waals surface area (Å²) in [5.41, 5.74) is 2.51. The first-order valence-corrected chi connectivity index (χ1v) is 12.1. The predicted octanol–water partition coefficient (Wildman–Crippen LogP) is 4.21. The molecule has 0 spiro atoms. The third-order valence-electron chi connectivity index (χ3n) is 6.24. The minimum atomic E-state index is 0.0124. The molecule has 1 aliphatic rings. The normalized spacial score (nSPS) is 14.0. The summed E-state index contributed by atoms with van der Waals surface area (Å²) in [6.45, 7) is 3.52. The van der Waals surface area contributed by atoms with E-state index < -0.39 is 0 Å². The summed E-state index contributed by atoms with van der Waals surface area (Å²) in [4.78, 5) is 27.3. The van der Waals surface area contributed by atoms with Crippen molar-refractivity contribution in [2.24, 2.45) is 5.92 Å². The Hall–Kier alpha value is -3.75. The van der Waals surface area contributed by atoms with Crippen molar-refractivity contribution in [3.05, 3.63) is 54.4 Å². The number of nitrogens with zero attached hydrogens (tertiary/aromatic N) is 6. The quantitative estimate of drug-likeness (QED) is 0.390. The molecule has 1 fully saturated rings. The molecule has 1 saturated carbocycles. The molecule has 5 rings (SSSR count). The summed E-state index contributed by atoms with van der Waals surface area (Å²) in [5, 5.41) is 10.8. The van der Waals surface area contributed by atoms with Gasteiger partial charge in [0.15, 0.2) is 17.0 Å². The number of carbonyl (C=O) groups excluding carboxylic acids is 1. The highest BCUT2D eigenvalue weighted by Crippen LogP contribution is 2.29. The van der Waals surface area contributed by atoms with Crippen LogP contribution in [-0.2, 0) is 17.8 Å². The number of hydrogen-bond donors (Lipinski definition) is 2. The number of aryl methyl sites for hydroxylation is 1. The van der Waals surface area contributed by atoms with Crippen LogP contribution in [0.3, 0.4) is 0 Å². The molecule has 3 heterocycles. The molecule has 4 aromatic rings. The molecule has 1 aliphatic carbocycles. The number of anilines is 2. The van der Waals surface area contributed by atoms with E-state index in [2.05, 4.69) is 39.8 Å². The highest BCUT2D eigenvalue weighted by molar-refractivity contribution is 5.99. The molecule has 0 unspecified atom stereocenters. The van der Waals surface area contributed by atoms with E-state index in [1.807, 2.05) is 35.0 Å². The molecular weight excluding hydrogens is 428 g/mol. The minimum Gasteiger partial charge on any atom is -0.354 e. The molecular formula is C25H30N8O. The maximum atomic E-state index is 13.0. The average Bonchev–Trinajstić information content (AvgIpc) is 3.62. The van der Waals surface area contributed by atoms with Gasteiger partial charge in [0.2, 0.25) is 17.8 Å². The van der Waals surface area contributed by atoms with Gasteiger partial charge in [-0.05, 0) is 37.3 Å². The largest absolute Gasteiger partial charge is 0.354 e. The Morgan fingerprint density at radius 1 is 1.09 bits per heavy atom. The Balaban J connectivity index is 1.50. The van der Waals surface area contributed by atoms with Crippen LogP contribution in [0, 0.1) is 5.92 Å². The predicted molar refractivity (Wildman–Crippen MR) is 132 cm³/mol. The summed E-state index contributed by atoms with van der Waals surface area (Å²) in [5.74, 6) is 1.64. The van der Waals surface area contributed by atoms with Crippen molar-refractivity contribution < 1.29 is 4.79 Å².